The summed E-state index contributed by atoms with van der Waals surface area (Å²) < 4.78 is 11.1. The fourth-order valence-corrected chi connectivity index (χ4v) is 4.59. The van der Waals surface area contributed by atoms with Crippen LogP contribution in [0.1, 0.15) is 36.2 Å². The molecule has 1 N–H and O–H groups in total. The predicted octanol–water partition coefficient (Wildman–Crippen LogP) is 3.58. The molecule has 4 rings (SSSR count). The van der Waals surface area contributed by atoms with Crippen LogP contribution >= 0.6 is 0 Å². The molecule has 2 aliphatic carbocycles. The third kappa shape index (κ3) is 3.12. The van der Waals surface area contributed by atoms with Crippen molar-refractivity contribution in [3.8, 4) is 17.1 Å². The first-order valence-corrected chi connectivity index (χ1v) is 9.24. The number of hydrogen-bond donors (Lipinski definition) is 1. The summed E-state index contributed by atoms with van der Waals surface area (Å²) in [5.41, 5.74) is 0.885. The summed E-state index contributed by atoms with van der Waals surface area (Å²) in [7, 11) is 3.49. The van der Waals surface area contributed by atoms with Gasteiger partial charge in [0.15, 0.2) is 5.76 Å². The highest BCUT2D eigenvalue weighted by atomic mass is 16.5. The molecule has 1 heterocycles. The Kier molecular flexibility index (Phi) is 4.49. The summed E-state index contributed by atoms with van der Waals surface area (Å²) in [6, 6.07) is 11.4. The number of hydrogen-bond acceptors (Lipinski definition) is 4. The first kappa shape index (κ1) is 17.2. The maximum absolute atomic E-state index is 12.8. The van der Waals surface area contributed by atoms with Crippen molar-refractivity contribution in [2.24, 2.45) is 11.8 Å². The molecule has 0 aliphatic heterocycles. The summed E-state index contributed by atoms with van der Waals surface area (Å²) in [6.45, 7) is 0. The van der Waals surface area contributed by atoms with Crippen molar-refractivity contribution in [2.45, 2.75) is 37.8 Å². The number of carbonyl (C=O) groups is 1. The molecule has 2 fully saturated rings. The largest absolute Gasteiger partial charge is 0.497 e. The van der Waals surface area contributed by atoms with E-state index in [0.717, 1.165) is 37.0 Å². The number of carbonyl (C=O) groups excluding carboxylic acids is 1. The molecule has 0 spiro atoms. The molecule has 1 amide bonds. The first-order chi connectivity index (χ1) is 12.5. The van der Waals surface area contributed by atoms with Crippen LogP contribution in [-0.2, 0) is 0 Å². The van der Waals surface area contributed by atoms with E-state index in [1.165, 1.54) is 0 Å². The Labute approximate surface area is 153 Å². The average molecular weight is 355 g/mol. The van der Waals surface area contributed by atoms with E-state index in [1.54, 1.807) is 13.2 Å². The highest BCUT2D eigenvalue weighted by Gasteiger charge is 2.43. The van der Waals surface area contributed by atoms with Gasteiger partial charge in [0.05, 0.1) is 13.2 Å². The van der Waals surface area contributed by atoms with Crippen LogP contribution in [0.25, 0.3) is 11.3 Å². The summed E-state index contributed by atoms with van der Waals surface area (Å²) in [4.78, 5) is 14.7. The van der Waals surface area contributed by atoms with Gasteiger partial charge in [-0.05, 0) is 61.8 Å². The second-order valence-electron chi connectivity index (χ2n) is 7.58. The van der Waals surface area contributed by atoms with Crippen molar-refractivity contribution in [1.29, 1.82) is 0 Å². The lowest BCUT2D eigenvalue weighted by Gasteiger charge is -2.24. The molecular weight excluding hydrogens is 330 g/mol. The number of nitrogens with zero attached hydrogens (tertiary/aromatic N) is 1. The third-order valence-electron chi connectivity index (χ3n) is 6.01. The quantitative estimate of drug-likeness (QED) is 0.911. The molecular formula is C21H25NO4. The standard InChI is InChI=1S/C21H25NO4/c1-22(16-8-14-10-17(23)11-15(14)9-16)21(24)20-7-6-19(26-20)13-4-3-5-18(12-13)25-2/h3-7,12,14-17,23H,8-11H2,1-2H3/t14-,15+,16?,17?. The van der Waals surface area contributed by atoms with Crippen LogP contribution in [0.2, 0.25) is 0 Å². The molecule has 1 aromatic heterocycles. The minimum absolute atomic E-state index is 0.0790. The van der Waals surface area contributed by atoms with Gasteiger partial charge in [0.1, 0.15) is 11.5 Å². The fraction of sp³-hybridized carbons (Fsp3) is 0.476. The van der Waals surface area contributed by atoms with Crippen LogP contribution in [0.4, 0.5) is 0 Å². The summed E-state index contributed by atoms with van der Waals surface area (Å²) in [5.74, 6) is 2.80. The Bertz CT molecular complexity index is 785. The molecule has 26 heavy (non-hydrogen) atoms. The number of aliphatic hydroxyl groups excluding tert-OH is 1. The van der Waals surface area contributed by atoms with Gasteiger partial charge in [-0.1, -0.05) is 12.1 Å². The Morgan fingerprint density at radius 2 is 1.88 bits per heavy atom. The van der Waals surface area contributed by atoms with Crippen molar-refractivity contribution in [3.63, 3.8) is 0 Å². The van der Waals surface area contributed by atoms with E-state index in [0.29, 0.717) is 23.4 Å². The number of amides is 1. The van der Waals surface area contributed by atoms with Crippen molar-refractivity contribution < 1.29 is 19.1 Å². The molecule has 5 nitrogen and oxygen atoms in total. The summed E-state index contributed by atoms with van der Waals surface area (Å²) >= 11 is 0. The van der Waals surface area contributed by atoms with E-state index in [2.05, 4.69) is 0 Å². The first-order valence-electron chi connectivity index (χ1n) is 9.24. The molecule has 2 unspecified atom stereocenters. The van der Waals surface area contributed by atoms with E-state index >= 15 is 0 Å². The number of methoxy groups -OCH3 is 1. The Morgan fingerprint density at radius 1 is 1.15 bits per heavy atom. The average Bonchev–Trinajstić information content (AvgIpc) is 3.35. The number of fused-ring (bicyclic) bond motifs is 1. The highest BCUT2D eigenvalue weighted by Crippen LogP contribution is 2.45. The lowest BCUT2D eigenvalue weighted by molar-refractivity contribution is 0.0691. The Hall–Kier alpha value is -2.27. The fourth-order valence-electron chi connectivity index (χ4n) is 4.59. The molecule has 1 aromatic carbocycles. The van der Waals surface area contributed by atoms with Crippen molar-refractivity contribution in [2.75, 3.05) is 14.2 Å². The minimum Gasteiger partial charge on any atom is -0.497 e. The van der Waals surface area contributed by atoms with Crippen LogP contribution in [-0.4, -0.2) is 42.2 Å². The van der Waals surface area contributed by atoms with Crippen LogP contribution in [0, 0.1) is 11.8 Å². The maximum atomic E-state index is 12.8. The third-order valence-corrected chi connectivity index (χ3v) is 6.01. The Morgan fingerprint density at radius 3 is 2.58 bits per heavy atom. The van der Waals surface area contributed by atoms with Gasteiger partial charge < -0.3 is 19.2 Å². The monoisotopic (exact) mass is 355 g/mol. The molecule has 4 atom stereocenters. The molecule has 2 aliphatic rings. The zero-order chi connectivity index (χ0) is 18.3. The summed E-state index contributed by atoms with van der Waals surface area (Å²) in [6.07, 6.45) is 3.57. The topological polar surface area (TPSA) is 62.9 Å². The van der Waals surface area contributed by atoms with Crippen LogP contribution in [0.3, 0.4) is 0 Å². The minimum atomic E-state index is -0.151. The van der Waals surface area contributed by atoms with Gasteiger partial charge in [-0.15, -0.1) is 0 Å². The van der Waals surface area contributed by atoms with Crippen LogP contribution in [0.5, 0.6) is 5.75 Å². The molecule has 138 valence electrons. The van der Waals surface area contributed by atoms with Crippen LogP contribution < -0.4 is 4.74 Å². The van der Waals surface area contributed by atoms with Crippen molar-refractivity contribution in [1.82, 2.24) is 4.90 Å². The summed E-state index contributed by atoms with van der Waals surface area (Å²) in [5, 5.41) is 9.79. The smallest absolute Gasteiger partial charge is 0.289 e. The van der Waals surface area contributed by atoms with E-state index < -0.39 is 0 Å². The predicted molar refractivity (Wildman–Crippen MR) is 98.0 cm³/mol. The number of rotatable bonds is 4. The molecule has 0 saturated heterocycles. The van der Waals surface area contributed by atoms with E-state index in [1.807, 2.05) is 42.3 Å². The van der Waals surface area contributed by atoms with Gasteiger partial charge >= 0.3 is 0 Å². The molecule has 0 bridgehead atoms. The number of ether oxygens (including phenoxy) is 1. The maximum Gasteiger partial charge on any atom is 0.289 e. The van der Waals surface area contributed by atoms with Crippen LogP contribution in [0.15, 0.2) is 40.8 Å². The van der Waals surface area contributed by atoms with E-state index in [-0.39, 0.29) is 18.1 Å². The molecule has 2 saturated carbocycles. The number of aliphatic hydroxyl groups is 1. The second-order valence-corrected chi connectivity index (χ2v) is 7.58. The number of furan rings is 1. The normalized spacial score (nSPS) is 27.3. The van der Waals surface area contributed by atoms with Crippen molar-refractivity contribution >= 4 is 5.91 Å². The van der Waals surface area contributed by atoms with Gasteiger partial charge in [-0.25, -0.2) is 0 Å². The van der Waals surface area contributed by atoms with Gasteiger partial charge in [0.25, 0.3) is 5.91 Å². The molecule has 5 heteroatoms. The Balaban J connectivity index is 1.46. The van der Waals surface area contributed by atoms with Crippen molar-refractivity contribution in [3.05, 3.63) is 42.2 Å². The zero-order valence-electron chi connectivity index (χ0n) is 15.2. The molecule has 0 radical (unpaired) electrons. The lowest BCUT2D eigenvalue weighted by atomic mass is 10.0. The zero-order valence-corrected chi connectivity index (χ0v) is 15.2. The lowest BCUT2D eigenvalue weighted by Crippen LogP contribution is -2.35. The SMILES string of the molecule is COc1cccc(-c2ccc(C(=O)N(C)C3C[C@H]4CC(O)C[C@H]4C3)o2)c1. The second kappa shape index (κ2) is 6.80. The van der Waals surface area contributed by atoms with Gasteiger partial charge in [0, 0.05) is 18.7 Å². The number of benzene rings is 1. The molecule has 2 aromatic rings. The van der Waals surface area contributed by atoms with E-state index in [9.17, 15) is 9.90 Å². The van der Waals surface area contributed by atoms with Gasteiger partial charge in [-0.2, -0.15) is 0 Å². The van der Waals surface area contributed by atoms with Gasteiger partial charge in [0.2, 0.25) is 0 Å². The highest BCUT2D eigenvalue weighted by molar-refractivity contribution is 5.92. The van der Waals surface area contributed by atoms with Gasteiger partial charge in [-0.3, -0.25) is 4.79 Å². The van der Waals surface area contributed by atoms with E-state index in [4.69, 9.17) is 9.15 Å².